The predicted molar refractivity (Wildman–Crippen MR) is 113 cm³/mol. The molecule has 1 atom stereocenters. The number of aromatic nitrogens is 3. The van der Waals surface area contributed by atoms with Gasteiger partial charge < -0.3 is 10.2 Å². The largest absolute Gasteiger partial charge is 0.353 e. The number of fused-ring (bicyclic) bond motifs is 1. The summed E-state index contributed by atoms with van der Waals surface area (Å²) in [6.07, 6.45) is 5.62. The first kappa shape index (κ1) is 18.3. The van der Waals surface area contributed by atoms with Crippen molar-refractivity contribution in [3.05, 3.63) is 52.6 Å². The van der Waals surface area contributed by atoms with E-state index in [0.717, 1.165) is 42.9 Å². The summed E-state index contributed by atoms with van der Waals surface area (Å²) in [5.41, 5.74) is 1.48. The van der Waals surface area contributed by atoms with Crippen LogP contribution in [0.2, 0.25) is 0 Å². The molecule has 2 aromatic heterocycles. The lowest BCUT2D eigenvalue weighted by atomic mass is 9.97. The highest BCUT2D eigenvalue weighted by Crippen LogP contribution is 2.30. The Labute approximate surface area is 172 Å². The van der Waals surface area contributed by atoms with E-state index in [9.17, 15) is 9.59 Å². The van der Waals surface area contributed by atoms with Crippen LogP contribution in [0.4, 0.5) is 5.13 Å². The van der Waals surface area contributed by atoms with Crippen LogP contribution in [0.5, 0.6) is 0 Å². The van der Waals surface area contributed by atoms with Gasteiger partial charge in [-0.15, -0.1) is 0 Å². The Balaban J connectivity index is 1.37. The molecule has 3 aromatic rings. The average Bonchev–Trinajstić information content (AvgIpc) is 3.45. The number of carbonyl (C=O) groups excluding carboxylic acids is 1. The minimum Gasteiger partial charge on any atom is -0.353 e. The minimum atomic E-state index is -0.0670. The van der Waals surface area contributed by atoms with Crippen molar-refractivity contribution in [1.29, 1.82) is 0 Å². The third-order valence-electron chi connectivity index (χ3n) is 5.55. The number of rotatable bonds is 5. The molecule has 7 nitrogen and oxygen atoms in total. The number of benzene rings is 1. The zero-order chi connectivity index (χ0) is 19.8. The minimum absolute atomic E-state index is 0.0148. The molecule has 1 N–H and O–H groups in total. The van der Waals surface area contributed by atoms with E-state index in [2.05, 4.69) is 20.2 Å². The summed E-state index contributed by atoms with van der Waals surface area (Å²) in [4.78, 5) is 36.5. The fourth-order valence-electron chi connectivity index (χ4n) is 3.77. The molecule has 0 radical (unpaired) electrons. The number of hydrogen-bond acceptors (Lipinski definition) is 6. The van der Waals surface area contributed by atoms with Crippen LogP contribution in [0.25, 0.3) is 10.3 Å². The SMILES string of the molecule is O=C(NC1CC1)C1CCCN(c2nc3ncn(Cc4ccccc4)c(=O)c3s2)C1. The quantitative estimate of drug-likeness (QED) is 0.700. The first-order valence-electron chi connectivity index (χ1n) is 10.1. The zero-order valence-corrected chi connectivity index (χ0v) is 16.9. The van der Waals surface area contributed by atoms with Gasteiger partial charge in [0.15, 0.2) is 10.8 Å². The second-order valence-corrected chi connectivity index (χ2v) is 8.86. The maximum absolute atomic E-state index is 12.9. The van der Waals surface area contributed by atoms with Crippen molar-refractivity contribution in [3.63, 3.8) is 0 Å². The molecule has 1 saturated carbocycles. The number of nitrogens with zero attached hydrogens (tertiary/aromatic N) is 4. The predicted octanol–water partition coefficient (Wildman–Crippen LogP) is 2.40. The summed E-state index contributed by atoms with van der Waals surface area (Å²) in [6.45, 7) is 1.99. The van der Waals surface area contributed by atoms with Gasteiger partial charge in [0, 0.05) is 19.1 Å². The van der Waals surface area contributed by atoms with Crippen molar-refractivity contribution in [1.82, 2.24) is 19.9 Å². The molecule has 5 rings (SSSR count). The molecule has 150 valence electrons. The second-order valence-electron chi connectivity index (χ2n) is 7.88. The molecule has 8 heteroatoms. The molecular formula is C21H23N5O2S. The number of anilines is 1. The molecule has 0 bridgehead atoms. The number of thiazole rings is 1. The Kier molecular flexibility index (Phi) is 4.79. The van der Waals surface area contributed by atoms with E-state index in [-0.39, 0.29) is 17.4 Å². The van der Waals surface area contributed by atoms with E-state index in [4.69, 9.17) is 0 Å². The summed E-state index contributed by atoms with van der Waals surface area (Å²) in [7, 11) is 0. The number of nitrogens with one attached hydrogen (secondary N) is 1. The first-order chi connectivity index (χ1) is 14.2. The van der Waals surface area contributed by atoms with Gasteiger partial charge in [-0.2, -0.15) is 4.98 Å². The van der Waals surface area contributed by atoms with E-state index in [1.165, 1.54) is 11.3 Å². The maximum Gasteiger partial charge on any atom is 0.273 e. The molecule has 1 unspecified atom stereocenters. The Hall–Kier alpha value is -2.74. The lowest BCUT2D eigenvalue weighted by Gasteiger charge is -2.31. The molecule has 1 amide bonds. The van der Waals surface area contributed by atoms with Gasteiger partial charge in [0.05, 0.1) is 12.5 Å². The summed E-state index contributed by atoms with van der Waals surface area (Å²) in [5.74, 6) is 0.140. The standard InChI is InChI=1S/C21H23N5O2S/c27-19(23-16-8-9-16)15-7-4-10-25(12-15)21-24-18-17(29-21)20(28)26(13-22-18)11-14-5-2-1-3-6-14/h1-3,5-6,13,15-16H,4,7-12H2,(H,23,27). The monoisotopic (exact) mass is 409 g/mol. The number of hydrogen-bond donors (Lipinski definition) is 1. The lowest BCUT2D eigenvalue weighted by molar-refractivity contribution is -0.125. The molecule has 2 aliphatic rings. The van der Waals surface area contributed by atoms with Crippen LogP contribution in [0.3, 0.4) is 0 Å². The number of amides is 1. The van der Waals surface area contributed by atoms with E-state index < -0.39 is 0 Å². The Morgan fingerprint density at radius 3 is 2.83 bits per heavy atom. The van der Waals surface area contributed by atoms with Crippen molar-refractivity contribution >= 4 is 32.7 Å². The molecule has 0 spiro atoms. The van der Waals surface area contributed by atoms with Gasteiger partial charge in [-0.1, -0.05) is 41.7 Å². The van der Waals surface area contributed by atoms with Gasteiger partial charge >= 0.3 is 0 Å². The third kappa shape index (κ3) is 3.89. The van der Waals surface area contributed by atoms with Crippen LogP contribution in [-0.4, -0.2) is 39.6 Å². The molecule has 1 aromatic carbocycles. The van der Waals surface area contributed by atoms with Crippen LogP contribution in [0.1, 0.15) is 31.2 Å². The fraction of sp³-hybridized carbons (Fsp3) is 0.429. The van der Waals surface area contributed by atoms with Crippen molar-refractivity contribution in [3.8, 4) is 0 Å². The third-order valence-corrected chi connectivity index (χ3v) is 6.65. The molecule has 29 heavy (non-hydrogen) atoms. The first-order valence-corrected chi connectivity index (χ1v) is 10.9. The number of piperidine rings is 1. The highest BCUT2D eigenvalue weighted by molar-refractivity contribution is 7.22. The average molecular weight is 410 g/mol. The maximum atomic E-state index is 12.9. The lowest BCUT2D eigenvalue weighted by Crippen LogP contribution is -2.43. The molecular weight excluding hydrogens is 386 g/mol. The summed E-state index contributed by atoms with van der Waals surface area (Å²) in [5, 5.41) is 3.90. The molecule has 1 aliphatic carbocycles. The van der Waals surface area contributed by atoms with Crippen LogP contribution in [0.15, 0.2) is 41.5 Å². The van der Waals surface area contributed by atoms with E-state index in [1.54, 1.807) is 10.9 Å². The second kappa shape index (κ2) is 7.59. The highest BCUT2D eigenvalue weighted by Gasteiger charge is 2.31. The fourth-order valence-corrected chi connectivity index (χ4v) is 4.78. The summed E-state index contributed by atoms with van der Waals surface area (Å²) < 4.78 is 2.20. The normalized spacial score (nSPS) is 19.4. The van der Waals surface area contributed by atoms with Crippen molar-refractivity contribution in [2.45, 2.75) is 38.3 Å². The van der Waals surface area contributed by atoms with Crippen molar-refractivity contribution < 1.29 is 4.79 Å². The van der Waals surface area contributed by atoms with Crippen LogP contribution in [0, 0.1) is 5.92 Å². The van der Waals surface area contributed by atoms with Gasteiger partial charge in [-0.3, -0.25) is 14.2 Å². The van der Waals surface area contributed by atoms with Crippen molar-refractivity contribution in [2.75, 3.05) is 18.0 Å². The van der Waals surface area contributed by atoms with Gasteiger partial charge in [-0.25, -0.2) is 4.98 Å². The topological polar surface area (TPSA) is 80.1 Å². The van der Waals surface area contributed by atoms with Gasteiger partial charge in [0.2, 0.25) is 5.91 Å². The summed E-state index contributed by atoms with van der Waals surface area (Å²) >= 11 is 1.38. The van der Waals surface area contributed by atoms with Gasteiger partial charge in [0.1, 0.15) is 11.0 Å². The van der Waals surface area contributed by atoms with Crippen LogP contribution in [-0.2, 0) is 11.3 Å². The van der Waals surface area contributed by atoms with Crippen LogP contribution < -0.4 is 15.8 Å². The number of carbonyl (C=O) groups is 1. The van der Waals surface area contributed by atoms with E-state index in [1.807, 2.05) is 30.3 Å². The zero-order valence-electron chi connectivity index (χ0n) is 16.1. The molecule has 1 saturated heterocycles. The Bertz CT molecular complexity index is 1090. The van der Waals surface area contributed by atoms with Crippen molar-refractivity contribution in [2.24, 2.45) is 5.92 Å². The molecule has 2 fully saturated rings. The summed E-state index contributed by atoms with van der Waals surface area (Å²) in [6, 6.07) is 10.3. The van der Waals surface area contributed by atoms with E-state index >= 15 is 0 Å². The Morgan fingerprint density at radius 2 is 2.03 bits per heavy atom. The molecule has 1 aliphatic heterocycles. The molecule has 3 heterocycles. The van der Waals surface area contributed by atoms with Gasteiger partial charge in [-0.05, 0) is 31.2 Å². The van der Waals surface area contributed by atoms with Crippen LogP contribution >= 0.6 is 11.3 Å². The highest BCUT2D eigenvalue weighted by atomic mass is 32.1. The smallest absolute Gasteiger partial charge is 0.273 e. The van der Waals surface area contributed by atoms with Gasteiger partial charge in [0.25, 0.3) is 5.56 Å². The Morgan fingerprint density at radius 1 is 1.21 bits per heavy atom. The van der Waals surface area contributed by atoms with E-state index in [0.29, 0.717) is 29.5 Å².